The molecule has 3 heteroatoms. The summed E-state index contributed by atoms with van der Waals surface area (Å²) in [7, 11) is 0. The van der Waals surface area contributed by atoms with Crippen molar-refractivity contribution in [2.45, 2.75) is 37.8 Å². The van der Waals surface area contributed by atoms with Crippen molar-refractivity contribution in [2.24, 2.45) is 5.73 Å². The van der Waals surface area contributed by atoms with Gasteiger partial charge in [0.2, 0.25) is 0 Å². The maximum absolute atomic E-state index is 6.41. The van der Waals surface area contributed by atoms with Crippen LogP contribution in [0.1, 0.15) is 31.7 Å². The first-order chi connectivity index (χ1) is 7.59. The third-order valence-corrected chi connectivity index (χ3v) is 3.86. The molecular formula is C13H18BrNO. The van der Waals surface area contributed by atoms with Crippen LogP contribution in [0.5, 0.6) is 0 Å². The number of benzene rings is 1. The highest BCUT2D eigenvalue weighted by Crippen LogP contribution is 2.32. The standard InChI is InChI=1S/C13H18BrNO/c1-13(15,9-10-5-4-8-16-10)11-6-2-3-7-12(11)14/h2-3,6-7,10H,4-5,8-9,15H2,1H3. The highest BCUT2D eigenvalue weighted by Gasteiger charge is 2.29. The average molecular weight is 284 g/mol. The van der Waals surface area contributed by atoms with Gasteiger partial charge >= 0.3 is 0 Å². The first-order valence-corrected chi connectivity index (χ1v) is 6.54. The molecule has 0 aliphatic carbocycles. The number of ether oxygens (including phenoxy) is 1. The van der Waals surface area contributed by atoms with E-state index in [-0.39, 0.29) is 5.54 Å². The molecule has 1 aromatic carbocycles. The van der Waals surface area contributed by atoms with Crippen molar-refractivity contribution in [1.82, 2.24) is 0 Å². The summed E-state index contributed by atoms with van der Waals surface area (Å²) in [5.41, 5.74) is 7.24. The largest absolute Gasteiger partial charge is 0.378 e. The summed E-state index contributed by atoms with van der Waals surface area (Å²) in [5.74, 6) is 0. The molecule has 1 saturated heterocycles. The molecule has 88 valence electrons. The van der Waals surface area contributed by atoms with Crippen LogP contribution in [0, 0.1) is 0 Å². The Balaban J connectivity index is 2.14. The van der Waals surface area contributed by atoms with E-state index in [9.17, 15) is 0 Å². The minimum atomic E-state index is -0.324. The van der Waals surface area contributed by atoms with E-state index in [2.05, 4.69) is 28.9 Å². The molecule has 1 aliphatic heterocycles. The minimum absolute atomic E-state index is 0.321. The Morgan fingerprint density at radius 2 is 2.25 bits per heavy atom. The van der Waals surface area contributed by atoms with Gasteiger partial charge in [-0.2, -0.15) is 0 Å². The molecule has 2 atom stereocenters. The summed E-state index contributed by atoms with van der Waals surface area (Å²) < 4.78 is 6.74. The Hall–Kier alpha value is -0.380. The molecule has 0 aromatic heterocycles. The highest BCUT2D eigenvalue weighted by molar-refractivity contribution is 9.10. The van der Waals surface area contributed by atoms with Crippen LogP contribution in [0.3, 0.4) is 0 Å². The molecule has 16 heavy (non-hydrogen) atoms. The third kappa shape index (κ3) is 2.65. The van der Waals surface area contributed by atoms with Gasteiger partial charge < -0.3 is 10.5 Å². The summed E-state index contributed by atoms with van der Waals surface area (Å²) in [5, 5.41) is 0. The molecule has 1 aromatic rings. The summed E-state index contributed by atoms with van der Waals surface area (Å²) in [6, 6.07) is 8.16. The fourth-order valence-electron chi connectivity index (χ4n) is 2.31. The lowest BCUT2D eigenvalue weighted by Gasteiger charge is -2.29. The molecule has 0 saturated carbocycles. The smallest absolute Gasteiger partial charge is 0.0596 e. The van der Waals surface area contributed by atoms with Crippen LogP contribution < -0.4 is 5.73 Å². The molecular weight excluding hydrogens is 266 g/mol. The Morgan fingerprint density at radius 1 is 1.50 bits per heavy atom. The van der Waals surface area contributed by atoms with Gasteiger partial charge in [0.15, 0.2) is 0 Å². The molecule has 1 aliphatic rings. The van der Waals surface area contributed by atoms with E-state index >= 15 is 0 Å². The van der Waals surface area contributed by atoms with E-state index < -0.39 is 0 Å². The van der Waals surface area contributed by atoms with Crippen LogP contribution >= 0.6 is 15.9 Å². The molecule has 1 fully saturated rings. The fourth-order valence-corrected chi connectivity index (χ4v) is 3.05. The zero-order valence-electron chi connectivity index (χ0n) is 9.58. The summed E-state index contributed by atoms with van der Waals surface area (Å²) in [4.78, 5) is 0. The first-order valence-electron chi connectivity index (χ1n) is 5.75. The van der Waals surface area contributed by atoms with Gasteiger partial charge in [-0.05, 0) is 37.8 Å². The van der Waals surface area contributed by atoms with Gasteiger partial charge in [-0.15, -0.1) is 0 Å². The fraction of sp³-hybridized carbons (Fsp3) is 0.538. The minimum Gasteiger partial charge on any atom is -0.378 e. The zero-order valence-corrected chi connectivity index (χ0v) is 11.2. The van der Waals surface area contributed by atoms with Gasteiger partial charge in [0.05, 0.1) is 6.10 Å². The highest BCUT2D eigenvalue weighted by atomic mass is 79.9. The van der Waals surface area contributed by atoms with Crippen molar-refractivity contribution in [1.29, 1.82) is 0 Å². The first kappa shape index (κ1) is 12.1. The predicted molar refractivity (Wildman–Crippen MR) is 69.3 cm³/mol. The quantitative estimate of drug-likeness (QED) is 0.925. The Kier molecular flexibility index (Phi) is 3.67. The van der Waals surface area contributed by atoms with E-state index in [0.717, 1.165) is 35.9 Å². The number of hydrogen-bond acceptors (Lipinski definition) is 2. The summed E-state index contributed by atoms with van der Waals surface area (Å²) >= 11 is 3.56. The van der Waals surface area contributed by atoms with E-state index in [1.54, 1.807) is 0 Å². The van der Waals surface area contributed by atoms with E-state index in [4.69, 9.17) is 10.5 Å². The van der Waals surface area contributed by atoms with Crippen LogP contribution in [-0.4, -0.2) is 12.7 Å². The molecule has 2 rings (SSSR count). The molecule has 0 radical (unpaired) electrons. The van der Waals surface area contributed by atoms with Gasteiger partial charge in [0, 0.05) is 16.6 Å². The second-order valence-electron chi connectivity index (χ2n) is 4.74. The third-order valence-electron chi connectivity index (χ3n) is 3.16. The van der Waals surface area contributed by atoms with Crippen molar-refractivity contribution in [3.63, 3.8) is 0 Å². The van der Waals surface area contributed by atoms with Crippen LogP contribution in [0.15, 0.2) is 28.7 Å². The van der Waals surface area contributed by atoms with Gasteiger partial charge in [0.1, 0.15) is 0 Å². The van der Waals surface area contributed by atoms with Crippen molar-refractivity contribution in [3.8, 4) is 0 Å². The lowest BCUT2D eigenvalue weighted by Crippen LogP contribution is -2.37. The van der Waals surface area contributed by atoms with Gasteiger partial charge in [-0.25, -0.2) is 0 Å². The van der Waals surface area contributed by atoms with Crippen molar-refractivity contribution in [3.05, 3.63) is 34.3 Å². The lowest BCUT2D eigenvalue weighted by molar-refractivity contribution is 0.0855. The Labute approximate surface area is 105 Å². The molecule has 0 bridgehead atoms. The average Bonchev–Trinajstić information content (AvgIpc) is 2.70. The molecule has 2 nitrogen and oxygen atoms in total. The van der Waals surface area contributed by atoms with E-state index in [1.165, 1.54) is 0 Å². The van der Waals surface area contributed by atoms with Gasteiger partial charge in [-0.1, -0.05) is 34.1 Å². The zero-order chi connectivity index (χ0) is 11.6. The van der Waals surface area contributed by atoms with E-state index in [0.29, 0.717) is 6.10 Å². The predicted octanol–water partition coefficient (Wildman–Crippen LogP) is 3.19. The van der Waals surface area contributed by atoms with Crippen LogP contribution in [0.2, 0.25) is 0 Å². The SMILES string of the molecule is CC(N)(CC1CCCO1)c1ccccc1Br. The molecule has 2 N–H and O–H groups in total. The number of hydrogen-bond donors (Lipinski definition) is 1. The van der Waals surface area contributed by atoms with Gasteiger partial charge in [-0.3, -0.25) is 0 Å². The number of nitrogens with two attached hydrogens (primary N) is 1. The maximum atomic E-state index is 6.41. The van der Waals surface area contributed by atoms with Crippen molar-refractivity contribution >= 4 is 15.9 Å². The maximum Gasteiger partial charge on any atom is 0.0596 e. The Bertz CT molecular complexity index is 359. The van der Waals surface area contributed by atoms with Crippen molar-refractivity contribution < 1.29 is 4.74 Å². The molecule has 0 amide bonds. The van der Waals surface area contributed by atoms with Crippen LogP contribution in [0.4, 0.5) is 0 Å². The lowest BCUT2D eigenvalue weighted by atomic mass is 9.87. The van der Waals surface area contributed by atoms with Crippen LogP contribution in [0.25, 0.3) is 0 Å². The summed E-state index contributed by atoms with van der Waals surface area (Å²) in [6.45, 7) is 2.96. The summed E-state index contributed by atoms with van der Waals surface area (Å²) in [6.07, 6.45) is 3.51. The topological polar surface area (TPSA) is 35.2 Å². The van der Waals surface area contributed by atoms with E-state index in [1.807, 2.05) is 18.2 Å². The molecule has 0 spiro atoms. The normalized spacial score (nSPS) is 24.3. The van der Waals surface area contributed by atoms with Crippen molar-refractivity contribution in [2.75, 3.05) is 6.61 Å². The molecule has 1 heterocycles. The number of rotatable bonds is 3. The second kappa shape index (κ2) is 4.86. The van der Waals surface area contributed by atoms with Gasteiger partial charge in [0.25, 0.3) is 0 Å². The van der Waals surface area contributed by atoms with Crippen LogP contribution in [-0.2, 0) is 10.3 Å². The Morgan fingerprint density at radius 3 is 2.88 bits per heavy atom. The molecule has 2 unspecified atom stereocenters. The second-order valence-corrected chi connectivity index (χ2v) is 5.59. The number of halogens is 1. The monoisotopic (exact) mass is 283 g/mol.